The molecule has 1 fully saturated rings. The molecule has 0 aromatic heterocycles. The molecule has 0 bridgehead atoms. The minimum atomic E-state index is -0.310. The molecule has 28 heavy (non-hydrogen) atoms. The highest BCUT2D eigenvalue weighted by Gasteiger charge is 2.24. The van der Waals surface area contributed by atoms with E-state index in [1.54, 1.807) is 35.2 Å². The Balaban J connectivity index is 1.77. The minimum absolute atomic E-state index is 0.111. The molecule has 2 N–H and O–H groups in total. The molecular weight excluding hydrogens is 354 g/mol. The topological polar surface area (TPSA) is 72.9 Å². The molecule has 3 rings (SSSR count). The number of nitrogens with zero attached hydrogens (tertiary/aromatic N) is 2. The standard InChI is InChI=1S/C22H25N3O3/c26-16-15-24-11-13-25(14-12-24)22(28)20(17-18-7-3-1-4-8-18)23-21(27)19-9-5-2-6-10-19/h1-10,17,26H,11-16H2,(H,23,27). The zero-order valence-electron chi connectivity index (χ0n) is 15.8. The molecule has 2 aromatic rings. The van der Waals surface area contributed by atoms with Crippen LogP contribution in [0.4, 0.5) is 0 Å². The van der Waals surface area contributed by atoms with Gasteiger partial charge < -0.3 is 15.3 Å². The van der Waals surface area contributed by atoms with E-state index in [-0.39, 0.29) is 24.1 Å². The molecule has 0 spiro atoms. The van der Waals surface area contributed by atoms with Crippen molar-refractivity contribution in [2.75, 3.05) is 39.3 Å². The first kappa shape index (κ1) is 19.8. The number of hydrogen-bond donors (Lipinski definition) is 2. The van der Waals surface area contributed by atoms with E-state index in [0.29, 0.717) is 38.3 Å². The van der Waals surface area contributed by atoms with Gasteiger partial charge in [-0.05, 0) is 23.8 Å². The second-order valence-corrected chi connectivity index (χ2v) is 6.65. The molecule has 2 aromatic carbocycles. The minimum Gasteiger partial charge on any atom is -0.395 e. The fourth-order valence-electron chi connectivity index (χ4n) is 3.14. The smallest absolute Gasteiger partial charge is 0.270 e. The van der Waals surface area contributed by atoms with Gasteiger partial charge in [0, 0.05) is 38.3 Å². The van der Waals surface area contributed by atoms with Crippen molar-refractivity contribution in [3.8, 4) is 0 Å². The van der Waals surface area contributed by atoms with Crippen molar-refractivity contribution in [3.63, 3.8) is 0 Å². The molecule has 6 nitrogen and oxygen atoms in total. The molecular formula is C22H25N3O3. The molecule has 0 unspecified atom stereocenters. The van der Waals surface area contributed by atoms with E-state index in [2.05, 4.69) is 10.2 Å². The zero-order valence-corrected chi connectivity index (χ0v) is 15.8. The lowest BCUT2D eigenvalue weighted by Crippen LogP contribution is -2.50. The highest BCUT2D eigenvalue weighted by atomic mass is 16.3. The predicted octanol–water partition coefficient (Wildman–Crippen LogP) is 1.59. The average Bonchev–Trinajstić information content (AvgIpc) is 2.75. The number of carbonyl (C=O) groups is 2. The third-order valence-electron chi connectivity index (χ3n) is 4.70. The van der Waals surface area contributed by atoms with Gasteiger partial charge in [-0.1, -0.05) is 48.5 Å². The Hall–Kier alpha value is -2.96. The van der Waals surface area contributed by atoms with Crippen molar-refractivity contribution in [1.82, 2.24) is 15.1 Å². The maximum absolute atomic E-state index is 13.1. The van der Waals surface area contributed by atoms with Crippen LogP contribution in [0.25, 0.3) is 6.08 Å². The second-order valence-electron chi connectivity index (χ2n) is 6.65. The van der Waals surface area contributed by atoms with Crippen molar-refractivity contribution in [2.24, 2.45) is 0 Å². The van der Waals surface area contributed by atoms with Gasteiger partial charge in [-0.25, -0.2) is 0 Å². The summed E-state index contributed by atoms with van der Waals surface area (Å²) >= 11 is 0. The molecule has 0 aliphatic carbocycles. The van der Waals surface area contributed by atoms with Gasteiger partial charge in [0.2, 0.25) is 0 Å². The maximum atomic E-state index is 13.1. The summed E-state index contributed by atoms with van der Waals surface area (Å²) in [5.41, 5.74) is 1.61. The van der Waals surface area contributed by atoms with Gasteiger partial charge in [-0.2, -0.15) is 0 Å². The molecule has 0 atom stereocenters. The molecule has 1 heterocycles. The highest BCUT2D eigenvalue weighted by molar-refractivity contribution is 6.05. The van der Waals surface area contributed by atoms with Gasteiger partial charge in [0.05, 0.1) is 6.61 Å². The van der Waals surface area contributed by atoms with Crippen LogP contribution in [0, 0.1) is 0 Å². The molecule has 0 radical (unpaired) electrons. The number of piperazine rings is 1. The van der Waals surface area contributed by atoms with E-state index in [0.717, 1.165) is 5.56 Å². The van der Waals surface area contributed by atoms with Crippen molar-refractivity contribution < 1.29 is 14.7 Å². The lowest BCUT2D eigenvalue weighted by atomic mass is 10.1. The number of β-amino-alcohol motifs (C(OH)–C–C–N with tert-alkyl or cyclic N) is 1. The fraction of sp³-hybridized carbons (Fsp3) is 0.273. The van der Waals surface area contributed by atoms with Crippen molar-refractivity contribution >= 4 is 17.9 Å². The van der Waals surface area contributed by atoms with Crippen LogP contribution in [0.3, 0.4) is 0 Å². The number of hydrogen-bond acceptors (Lipinski definition) is 4. The monoisotopic (exact) mass is 379 g/mol. The van der Waals surface area contributed by atoms with Gasteiger partial charge in [0.25, 0.3) is 11.8 Å². The maximum Gasteiger partial charge on any atom is 0.270 e. The summed E-state index contributed by atoms with van der Waals surface area (Å²) in [4.78, 5) is 29.6. The first-order chi connectivity index (χ1) is 13.7. The quantitative estimate of drug-likeness (QED) is 0.748. The normalized spacial score (nSPS) is 15.3. The van der Waals surface area contributed by atoms with Gasteiger partial charge in [-0.15, -0.1) is 0 Å². The third-order valence-corrected chi connectivity index (χ3v) is 4.70. The molecule has 1 aliphatic heterocycles. The molecule has 0 saturated carbocycles. The van der Waals surface area contributed by atoms with E-state index in [1.165, 1.54) is 0 Å². The number of nitrogens with one attached hydrogen (secondary N) is 1. The molecule has 6 heteroatoms. The van der Waals surface area contributed by atoms with Crippen molar-refractivity contribution in [3.05, 3.63) is 77.5 Å². The third kappa shape index (κ3) is 5.28. The highest BCUT2D eigenvalue weighted by Crippen LogP contribution is 2.11. The lowest BCUT2D eigenvalue weighted by Gasteiger charge is -2.34. The Morgan fingerprint density at radius 3 is 2.14 bits per heavy atom. The molecule has 2 amide bonds. The Kier molecular flexibility index (Phi) is 6.94. The Bertz CT molecular complexity index is 813. The number of aliphatic hydroxyl groups excluding tert-OH is 1. The predicted molar refractivity (Wildman–Crippen MR) is 108 cm³/mol. The first-order valence-corrected chi connectivity index (χ1v) is 9.43. The van der Waals surface area contributed by atoms with Gasteiger partial charge in [-0.3, -0.25) is 14.5 Å². The Labute approximate surface area is 165 Å². The van der Waals surface area contributed by atoms with Crippen LogP contribution in [0.2, 0.25) is 0 Å². The lowest BCUT2D eigenvalue weighted by molar-refractivity contribution is -0.129. The summed E-state index contributed by atoms with van der Waals surface area (Å²) in [5.74, 6) is -0.508. The Morgan fingerprint density at radius 1 is 0.929 bits per heavy atom. The number of rotatable bonds is 6. The van der Waals surface area contributed by atoms with Crippen LogP contribution in [-0.2, 0) is 4.79 Å². The summed E-state index contributed by atoms with van der Waals surface area (Å²) in [5, 5.41) is 11.9. The number of aliphatic hydroxyl groups is 1. The number of benzene rings is 2. The summed E-state index contributed by atoms with van der Waals surface area (Å²) in [6.07, 6.45) is 1.71. The second kappa shape index (κ2) is 9.82. The van der Waals surface area contributed by atoms with Crippen LogP contribution in [0.1, 0.15) is 15.9 Å². The summed E-state index contributed by atoms with van der Waals surface area (Å²) in [6, 6.07) is 18.3. The first-order valence-electron chi connectivity index (χ1n) is 9.43. The van der Waals surface area contributed by atoms with E-state index in [9.17, 15) is 9.59 Å². The zero-order chi connectivity index (χ0) is 19.8. The molecule has 1 aliphatic rings. The largest absolute Gasteiger partial charge is 0.395 e. The summed E-state index contributed by atoms with van der Waals surface area (Å²) in [7, 11) is 0. The summed E-state index contributed by atoms with van der Waals surface area (Å²) < 4.78 is 0. The average molecular weight is 379 g/mol. The summed E-state index contributed by atoms with van der Waals surface area (Å²) in [6.45, 7) is 3.26. The number of carbonyl (C=O) groups excluding carboxylic acids is 2. The van der Waals surface area contributed by atoms with Crippen LogP contribution >= 0.6 is 0 Å². The van der Waals surface area contributed by atoms with E-state index < -0.39 is 0 Å². The van der Waals surface area contributed by atoms with E-state index in [4.69, 9.17) is 5.11 Å². The fourth-order valence-corrected chi connectivity index (χ4v) is 3.14. The van der Waals surface area contributed by atoms with Gasteiger partial charge in [0.15, 0.2) is 0 Å². The van der Waals surface area contributed by atoms with Crippen molar-refractivity contribution in [1.29, 1.82) is 0 Å². The van der Waals surface area contributed by atoms with Gasteiger partial charge >= 0.3 is 0 Å². The van der Waals surface area contributed by atoms with E-state index in [1.807, 2.05) is 36.4 Å². The van der Waals surface area contributed by atoms with Crippen molar-refractivity contribution in [2.45, 2.75) is 0 Å². The van der Waals surface area contributed by atoms with Crippen LogP contribution in [0.15, 0.2) is 66.4 Å². The molecule has 146 valence electrons. The molecule has 1 saturated heterocycles. The van der Waals surface area contributed by atoms with Crippen LogP contribution < -0.4 is 5.32 Å². The Morgan fingerprint density at radius 2 is 1.54 bits per heavy atom. The number of amides is 2. The van der Waals surface area contributed by atoms with E-state index >= 15 is 0 Å². The SMILES string of the molecule is O=C(NC(=Cc1ccccc1)C(=O)N1CCN(CCO)CC1)c1ccccc1. The van der Waals surface area contributed by atoms with Crippen LogP contribution in [0.5, 0.6) is 0 Å². The van der Waals surface area contributed by atoms with Crippen LogP contribution in [-0.4, -0.2) is 66.1 Å². The van der Waals surface area contributed by atoms with Gasteiger partial charge in [0.1, 0.15) is 5.70 Å².